The number of hydrogen-bond acceptors (Lipinski definition) is 2. The molecule has 0 atom stereocenters. The van der Waals surface area contributed by atoms with E-state index in [-0.39, 0.29) is 5.91 Å². The second-order valence-electron chi connectivity index (χ2n) is 4.91. The Hall–Kier alpha value is -2.75. The molecule has 3 rings (SSSR count). The van der Waals surface area contributed by atoms with Gasteiger partial charge in [-0.15, -0.1) is 0 Å². The molecule has 2 aromatic carbocycles. The van der Waals surface area contributed by atoms with Gasteiger partial charge in [0.2, 0.25) is 0 Å². The van der Waals surface area contributed by atoms with Crippen molar-refractivity contribution in [3.63, 3.8) is 0 Å². The van der Waals surface area contributed by atoms with Crippen molar-refractivity contribution in [3.05, 3.63) is 59.8 Å². The smallest absolute Gasteiger partial charge is 0.272 e. The molecule has 1 amide bonds. The number of fused-ring (bicyclic) bond motifs is 1. The van der Waals surface area contributed by atoms with E-state index in [1.165, 1.54) is 0 Å². The first-order valence-corrected chi connectivity index (χ1v) is 6.71. The van der Waals surface area contributed by atoms with E-state index in [1.807, 2.05) is 55.5 Å². The van der Waals surface area contributed by atoms with Crippen molar-refractivity contribution in [3.8, 4) is 5.75 Å². The van der Waals surface area contributed by atoms with Crippen LogP contribution in [0.1, 0.15) is 16.1 Å². The summed E-state index contributed by atoms with van der Waals surface area (Å²) in [4.78, 5) is 15.4. The molecule has 0 bridgehead atoms. The number of carbonyl (C=O) groups is 1. The van der Waals surface area contributed by atoms with Crippen LogP contribution in [0.25, 0.3) is 10.9 Å². The lowest BCUT2D eigenvalue weighted by atomic mass is 10.2. The van der Waals surface area contributed by atoms with Crippen LogP contribution in [0.15, 0.2) is 48.5 Å². The lowest BCUT2D eigenvalue weighted by Gasteiger charge is -2.06. The number of aromatic nitrogens is 1. The highest BCUT2D eigenvalue weighted by atomic mass is 16.5. The molecule has 106 valence electrons. The van der Waals surface area contributed by atoms with Crippen molar-refractivity contribution in [2.24, 2.45) is 0 Å². The highest BCUT2D eigenvalue weighted by Crippen LogP contribution is 2.22. The number of ether oxygens (including phenoxy) is 1. The molecular formula is C17H16N2O2. The van der Waals surface area contributed by atoms with Crippen LogP contribution in [-0.2, 0) is 0 Å². The molecule has 1 aromatic heterocycles. The highest BCUT2D eigenvalue weighted by molar-refractivity contribution is 6.06. The van der Waals surface area contributed by atoms with Gasteiger partial charge in [0, 0.05) is 16.6 Å². The summed E-state index contributed by atoms with van der Waals surface area (Å²) in [5.41, 5.74) is 3.29. The zero-order valence-corrected chi connectivity index (χ0v) is 11.9. The minimum absolute atomic E-state index is 0.153. The second-order valence-corrected chi connectivity index (χ2v) is 4.91. The van der Waals surface area contributed by atoms with E-state index < -0.39 is 0 Å². The largest absolute Gasteiger partial charge is 0.497 e. The molecule has 4 heteroatoms. The lowest BCUT2D eigenvalue weighted by Crippen LogP contribution is -2.12. The van der Waals surface area contributed by atoms with Gasteiger partial charge in [-0.1, -0.05) is 18.2 Å². The Kier molecular flexibility index (Phi) is 3.36. The Labute approximate surface area is 122 Å². The lowest BCUT2D eigenvalue weighted by molar-refractivity contribution is 0.102. The van der Waals surface area contributed by atoms with Gasteiger partial charge < -0.3 is 15.0 Å². The Morgan fingerprint density at radius 1 is 1.14 bits per heavy atom. The maximum Gasteiger partial charge on any atom is 0.272 e. The third-order valence-electron chi connectivity index (χ3n) is 3.47. The van der Waals surface area contributed by atoms with E-state index in [4.69, 9.17) is 4.74 Å². The molecular weight excluding hydrogens is 264 g/mol. The maximum absolute atomic E-state index is 12.3. The molecule has 0 fully saturated rings. The van der Waals surface area contributed by atoms with Crippen LogP contribution < -0.4 is 10.1 Å². The molecule has 1 heterocycles. The molecule has 0 unspecified atom stereocenters. The molecule has 0 saturated heterocycles. The molecule has 2 N–H and O–H groups in total. The minimum atomic E-state index is -0.153. The number of anilines is 1. The molecule has 0 radical (unpaired) electrons. The van der Waals surface area contributed by atoms with Crippen molar-refractivity contribution in [2.45, 2.75) is 6.92 Å². The van der Waals surface area contributed by atoms with Crippen LogP contribution in [0.3, 0.4) is 0 Å². The van der Waals surface area contributed by atoms with Gasteiger partial charge in [0.1, 0.15) is 11.4 Å². The van der Waals surface area contributed by atoms with E-state index in [0.29, 0.717) is 5.69 Å². The summed E-state index contributed by atoms with van der Waals surface area (Å²) in [6.07, 6.45) is 0. The van der Waals surface area contributed by atoms with E-state index in [0.717, 1.165) is 27.9 Å². The minimum Gasteiger partial charge on any atom is -0.497 e. The molecule has 21 heavy (non-hydrogen) atoms. The van der Waals surface area contributed by atoms with Gasteiger partial charge >= 0.3 is 0 Å². The van der Waals surface area contributed by atoms with Crippen LogP contribution in [-0.4, -0.2) is 18.0 Å². The molecule has 0 spiro atoms. The monoisotopic (exact) mass is 280 g/mol. The molecule has 0 saturated carbocycles. The summed E-state index contributed by atoms with van der Waals surface area (Å²) >= 11 is 0. The number of amides is 1. The number of nitrogens with one attached hydrogen (secondary N) is 2. The Morgan fingerprint density at radius 2 is 1.95 bits per heavy atom. The van der Waals surface area contributed by atoms with Crippen LogP contribution in [0.2, 0.25) is 0 Å². The van der Waals surface area contributed by atoms with Gasteiger partial charge in [0.15, 0.2) is 0 Å². The third kappa shape index (κ3) is 2.60. The summed E-state index contributed by atoms with van der Waals surface area (Å²) in [5.74, 6) is 0.617. The zero-order chi connectivity index (χ0) is 14.8. The second kappa shape index (κ2) is 5.32. The number of benzene rings is 2. The third-order valence-corrected chi connectivity index (χ3v) is 3.47. The number of para-hydroxylation sites is 1. The first-order chi connectivity index (χ1) is 10.2. The fourth-order valence-electron chi connectivity index (χ4n) is 2.26. The first kappa shape index (κ1) is 13.2. The average Bonchev–Trinajstić information content (AvgIpc) is 2.92. The van der Waals surface area contributed by atoms with Crippen molar-refractivity contribution in [1.82, 2.24) is 4.98 Å². The number of H-pyrrole nitrogens is 1. The summed E-state index contributed by atoms with van der Waals surface area (Å²) < 4.78 is 5.19. The number of aromatic amines is 1. The maximum atomic E-state index is 12.3. The van der Waals surface area contributed by atoms with Gasteiger partial charge in [0.25, 0.3) is 5.91 Å². The zero-order valence-electron chi connectivity index (χ0n) is 11.9. The molecule has 0 aliphatic rings. The average molecular weight is 280 g/mol. The molecule has 4 nitrogen and oxygen atoms in total. The fourth-order valence-corrected chi connectivity index (χ4v) is 2.26. The van der Waals surface area contributed by atoms with Gasteiger partial charge in [0.05, 0.1) is 7.11 Å². The van der Waals surface area contributed by atoms with Crippen LogP contribution in [0, 0.1) is 6.92 Å². The van der Waals surface area contributed by atoms with Gasteiger partial charge in [-0.05, 0) is 42.8 Å². The standard InChI is InChI=1S/C17H16N2O2/c1-11-5-3-4-6-14(11)19-17(20)16-10-12-9-13(21-2)7-8-15(12)18-16/h3-10,18H,1-2H3,(H,19,20). The van der Waals surface area contributed by atoms with Gasteiger partial charge in [-0.2, -0.15) is 0 Å². The van der Waals surface area contributed by atoms with Crippen molar-refractivity contribution < 1.29 is 9.53 Å². The van der Waals surface area contributed by atoms with Crippen LogP contribution >= 0.6 is 0 Å². The number of methoxy groups -OCH3 is 1. The van der Waals surface area contributed by atoms with E-state index in [9.17, 15) is 4.79 Å². The number of carbonyl (C=O) groups excluding carboxylic acids is 1. The van der Waals surface area contributed by atoms with Crippen molar-refractivity contribution >= 4 is 22.5 Å². The summed E-state index contributed by atoms with van der Waals surface area (Å²) in [6.45, 7) is 1.96. The van der Waals surface area contributed by atoms with Gasteiger partial charge in [-0.25, -0.2) is 0 Å². The van der Waals surface area contributed by atoms with E-state index in [2.05, 4.69) is 10.3 Å². The Balaban J connectivity index is 1.89. The molecule has 3 aromatic rings. The predicted octanol–water partition coefficient (Wildman–Crippen LogP) is 3.74. The fraction of sp³-hybridized carbons (Fsp3) is 0.118. The first-order valence-electron chi connectivity index (χ1n) is 6.71. The molecule has 0 aliphatic carbocycles. The normalized spacial score (nSPS) is 10.6. The van der Waals surface area contributed by atoms with E-state index in [1.54, 1.807) is 7.11 Å². The quantitative estimate of drug-likeness (QED) is 0.768. The van der Waals surface area contributed by atoms with Gasteiger partial charge in [-0.3, -0.25) is 4.79 Å². The molecule has 0 aliphatic heterocycles. The topological polar surface area (TPSA) is 54.1 Å². The highest BCUT2D eigenvalue weighted by Gasteiger charge is 2.11. The summed E-state index contributed by atoms with van der Waals surface area (Å²) in [5, 5.41) is 3.86. The van der Waals surface area contributed by atoms with E-state index >= 15 is 0 Å². The van der Waals surface area contributed by atoms with Crippen LogP contribution in [0.4, 0.5) is 5.69 Å². The van der Waals surface area contributed by atoms with Crippen molar-refractivity contribution in [1.29, 1.82) is 0 Å². The summed E-state index contributed by atoms with van der Waals surface area (Å²) in [7, 11) is 1.62. The number of rotatable bonds is 3. The predicted molar refractivity (Wildman–Crippen MR) is 84.0 cm³/mol. The van der Waals surface area contributed by atoms with Crippen molar-refractivity contribution in [2.75, 3.05) is 12.4 Å². The number of aryl methyl sites for hydroxylation is 1. The summed E-state index contributed by atoms with van der Waals surface area (Å²) in [6, 6.07) is 15.2. The Bertz CT molecular complexity index is 805. The van der Waals surface area contributed by atoms with Crippen LogP contribution in [0.5, 0.6) is 5.75 Å². The SMILES string of the molecule is COc1ccc2[nH]c(C(=O)Nc3ccccc3C)cc2c1. The Morgan fingerprint density at radius 3 is 2.71 bits per heavy atom. The number of hydrogen-bond donors (Lipinski definition) is 2.